The number of allylic oxidation sites excluding steroid dienone is 1. The first kappa shape index (κ1) is 19.4. The molecule has 0 aromatic heterocycles. The van der Waals surface area contributed by atoms with Crippen LogP contribution in [0, 0.1) is 0 Å². The van der Waals surface area contributed by atoms with Crippen molar-refractivity contribution >= 4 is 14.3 Å². The van der Waals surface area contributed by atoms with Gasteiger partial charge in [0.25, 0.3) is 8.32 Å². The molecule has 0 fully saturated rings. The fraction of sp³-hybridized carbons (Fsp3) is 0.824. The van der Waals surface area contributed by atoms with Gasteiger partial charge in [0.2, 0.25) is 0 Å². The summed E-state index contributed by atoms with van der Waals surface area (Å²) in [4.78, 5) is 12.4. The van der Waals surface area contributed by atoms with Crippen LogP contribution in [0.3, 0.4) is 0 Å². The van der Waals surface area contributed by atoms with Crippen LogP contribution in [-0.4, -0.2) is 14.3 Å². The molecule has 2 nitrogen and oxygen atoms in total. The maximum Gasteiger partial charge on any atom is 0.320 e. The van der Waals surface area contributed by atoms with E-state index in [4.69, 9.17) is 4.43 Å². The molecular weight excluding hydrogens is 264 g/mol. The van der Waals surface area contributed by atoms with Crippen molar-refractivity contribution in [3.63, 3.8) is 0 Å². The number of carbonyl (C=O) groups is 1. The Morgan fingerprint density at radius 1 is 1.05 bits per heavy atom. The van der Waals surface area contributed by atoms with Crippen molar-refractivity contribution in [3.8, 4) is 0 Å². The highest BCUT2D eigenvalue weighted by Gasteiger charge is 2.48. The molecule has 0 heterocycles. The Hall–Kier alpha value is -0.573. The van der Waals surface area contributed by atoms with E-state index >= 15 is 0 Å². The fourth-order valence-corrected chi connectivity index (χ4v) is 8.39. The van der Waals surface area contributed by atoms with Gasteiger partial charge in [0.05, 0.1) is 0 Å². The highest BCUT2D eigenvalue weighted by molar-refractivity contribution is 6.79. The molecule has 0 saturated heterocycles. The monoisotopic (exact) mass is 298 g/mol. The average Bonchev–Trinajstić information content (AvgIpc) is 2.34. The Bertz CT molecular complexity index is 308. The molecule has 0 unspecified atom stereocenters. The van der Waals surface area contributed by atoms with Crippen molar-refractivity contribution in [2.24, 2.45) is 0 Å². The minimum atomic E-state index is -2.09. The summed E-state index contributed by atoms with van der Waals surface area (Å²) in [7, 11) is -2.09. The molecule has 0 bridgehead atoms. The fourth-order valence-electron chi connectivity index (χ4n) is 3.20. The van der Waals surface area contributed by atoms with Gasteiger partial charge < -0.3 is 4.43 Å². The van der Waals surface area contributed by atoms with Crippen molar-refractivity contribution < 1.29 is 9.22 Å². The van der Waals surface area contributed by atoms with Crippen molar-refractivity contribution in [3.05, 3.63) is 11.6 Å². The largest absolute Gasteiger partial charge is 0.515 e. The van der Waals surface area contributed by atoms with Crippen LogP contribution >= 0.6 is 0 Å². The number of hydrogen-bond acceptors (Lipinski definition) is 2. The van der Waals surface area contributed by atoms with E-state index in [1.807, 2.05) is 13.0 Å². The quantitative estimate of drug-likeness (QED) is 0.319. The zero-order valence-electron chi connectivity index (χ0n) is 14.7. The van der Waals surface area contributed by atoms with Crippen LogP contribution in [0.5, 0.6) is 0 Å². The number of hydrogen-bond donors (Lipinski definition) is 0. The molecule has 0 N–H and O–H groups in total. The van der Waals surface area contributed by atoms with Crippen molar-refractivity contribution in [1.29, 1.82) is 0 Å². The maximum absolute atomic E-state index is 12.4. The van der Waals surface area contributed by atoms with Crippen LogP contribution in [-0.2, 0) is 9.22 Å². The van der Waals surface area contributed by atoms with E-state index in [-0.39, 0.29) is 5.97 Å². The minimum absolute atomic E-state index is 0.0936. The van der Waals surface area contributed by atoms with Crippen molar-refractivity contribution in [2.75, 3.05) is 0 Å². The number of carbonyl (C=O) groups excluding carboxylic acids is 1. The Kier molecular flexibility index (Phi) is 8.41. The van der Waals surface area contributed by atoms with E-state index in [1.165, 1.54) is 0 Å². The lowest BCUT2D eigenvalue weighted by Crippen LogP contribution is -2.49. The van der Waals surface area contributed by atoms with Gasteiger partial charge >= 0.3 is 5.97 Å². The maximum atomic E-state index is 12.4. The van der Waals surface area contributed by atoms with Gasteiger partial charge in [-0.1, -0.05) is 67.4 Å². The molecule has 0 saturated carbocycles. The second-order valence-corrected chi connectivity index (χ2v) is 12.1. The van der Waals surface area contributed by atoms with Gasteiger partial charge in [-0.05, 0) is 30.0 Å². The second-order valence-electron chi connectivity index (χ2n) is 6.74. The van der Waals surface area contributed by atoms with E-state index in [2.05, 4.69) is 48.5 Å². The summed E-state index contributed by atoms with van der Waals surface area (Å²) >= 11 is 0. The summed E-state index contributed by atoms with van der Waals surface area (Å²) in [6.45, 7) is 17.3. The molecule has 0 atom stereocenters. The summed E-state index contributed by atoms with van der Waals surface area (Å²) < 4.78 is 6.15. The first-order valence-electron chi connectivity index (χ1n) is 8.10. The molecule has 118 valence electrons. The van der Waals surface area contributed by atoms with Crippen molar-refractivity contribution in [2.45, 2.75) is 91.3 Å². The molecule has 0 amide bonds. The topological polar surface area (TPSA) is 26.3 Å². The van der Waals surface area contributed by atoms with Gasteiger partial charge in [0, 0.05) is 5.57 Å². The summed E-state index contributed by atoms with van der Waals surface area (Å²) in [5.41, 5.74) is 2.09. The van der Waals surface area contributed by atoms with Gasteiger partial charge in [-0.3, -0.25) is 0 Å². The number of unbranched alkanes of at least 4 members (excludes halogenated alkanes) is 2. The Labute approximate surface area is 127 Å². The summed E-state index contributed by atoms with van der Waals surface area (Å²) in [6.07, 6.45) is 5.29. The second kappa shape index (κ2) is 8.66. The Morgan fingerprint density at radius 2 is 1.50 bits per heavy atom. The Balaban J connectivity index is 5.09. The first-order chi connectivity index (χ1) is 9.20. The summed E-state index contributed by atoms with van der Waals surface area (Å²) in [5.74, 6) is -0.0936. The summed E-state index contributed by atoms with van der Waals surface area (Å²) in [5, 5.41) is 0. The third kappa shape index (κ3) is 4.76. The first-order valence-corrected chi connectivity index (χ1v) is 10.2. The molecule has 0 aliphatic heterocycles. The highest BCUT2D eigenvalue weighted by Crippen LogP contribution is 2.42. The standard InChI is InChI=1S/C17H34O2Si/c1-9-10-11-12-16(8)17(18)19-20(13(2)3,14(4)5)15(6)7/h12-15H,9-11H2,1-8H3/b16-12+. The smallest absolute Gasteiger partial charge is 0.320 e. The highest BCUT2D eigenvalue weighted by atomic mass is 28.4. The molecule has 0 aromatic rings. The predicted octanol–water partition coefficient (Wildman–Crippen LogP) is 5.84. The molecular formula is C17H34O2Si. The van der Waals surface area contributed by atoms with Crippen LogP contribution in [0.25, 0.3) is 0 Å². The van der Waals surface area contributed by atoms with Crippen LogP contribution in [0.15, 0.2) is 11.6 Å². The normalized spacial score (nSPS) is 13.4. The lowest BCUT2D eigenvalue weighted by atomic mass is 10.2. The molecule has 0 rings (SSSR count). The van der Waals surface area contributed by atoms with Gasteiger partial charge in [-0.2, -0.15) is 0 Å². The van der Waals surface area contributed by atoms with Gasteiger partial charge in [0.15, 0.2) is 0 Å². The lowest BCUT2D eigenvalue weighted by molar-refractivity contribution is -0.131. The van der Waals surface area contributed by atoms with E-state index in [0.29, 0.717) is 16.6 Å². The SMILES string of the molecule is CCCC/C=C(\C)C(=O)O[Si](C(C)C)(C(C)C)C(C)C. The van der Waals surface area contributed by atoms with Gasteiger partial charge in [-0.25, -0.2) is 4.79 Å². The van der Waals surface area contributed by atoms with Gasteiger partial charge in [0.1, 0.15) is 0 Å². The van der Waals surface area contributed by atoms with Crippen LogP contribution in [0.1, 0.15) is 74.7 Å². The summed E-state index contributed by atoms with van der Waals surface area (Å²) in [6, 6.07) is 0. The molecule has 0 radical (unpaired) electrons. The Morgan fingerprint density at radius 3 is 1.85 bits per heavy atom. The van der Waals surface area contributed by atoms with Crippen LogP contribution in [0.2, 0.25) is 16.6 Å². The van der Waals surface area contributed by atoms with Crippen LogP contribution < -0.4 is 0 Å². The van der Waals surface area contributed by atoms with Crippen molar-refractivity contribution in [1.82, 2.24) is 0 Å². The van der Waals surface area contributed by atoms with E-state index in [9.17, 15) is 4.79 Å². The van der Waals surface area contributed by atoms with Crippen LogP contribution in [0.4, 0.5) is 0 Å². The molecule has 0 aromatic carbocycles. The molecule has 0 spiro atoms. The minimum Gasteiger partial charge on any atom is -0.515 e. The third-order valence-electron chi connectivity index (χ3n) is 4.31. The molecule has 20 heavy (non-hydrogen) atoms. The predicted molar refractivity (Wildman–Crippen MR) is 90.4 cm³/mol. The molecule has 0 aliphatic carbocycles. The van der Waals surface area contributed by atoms with Gasteiger partial charge in [-0.15, -0.1) is 0 Å². The van der Waals surface area contributed by atoms with E-state index < -0.39 is 8.32 Å². The van der Waals surface area contributed by atoms with E-state index in [0.717, 1.165) is 24.8 Å². The molecule has 3 heteroatoms. The number of rotatable bonds is 8. The third-order valence-corrected chi connectivity index (χ3v) is 10.3. The van der Waals surface area contributed by atoms with E-state index in [1.54, 1.807) is 0 Å². The zero-order valence-corrected chi connectivity index (χ0v) is 15.7. The molecule has 0 aliphatic rings. The lowest BCUT2D eigenvalue weighted by Gasteiger charge is -2.41. The zero-order chi connectivity index (χ0) is 15.9. The average molecular weight is 299 g/mol.